The second kappa shape index (κ2) is 9.73. The van der Waals surface area contributed by atoms with Crippen molar-refractivity contribution in [2.75, 3.05) is 25.1 Å². The number of aromatic nitrogens is 2. The molecule has 0 saturated heterocycles. The van der Waals surface area contributed by atoms with E-state index in [2.05, 4.69) is 16.7 Å². The second-order valence-corrected chi connectivity index (χ2v) is 5.57. The third kappa shape index (κ3) is 6.88. The summed E-state index contributed by atoms with van der Waals surface area (Å²) in [6.45, 7) is 1.61. The van der Waals surface area contributed by atoms with Crippen LogP contribution in [0.25, 0.3) is 0 Å². The summed E-state index contributed by atoms with van der Waals surface area (Å²) in [6.07, 6.45) is 7.53. The monoisotopic (exact) mass is 302 g/mol. The van der Waals surface area contributed by atoms with Gasteiger partial charge in [0.2, 0.25) is 0 Å². The largest absolute Gasteiger partial charge is 0.390 e. The topological polar surface area (TPSA) is 93.2 Å². The Balaban J connectivity index is 2.10. The van der Waals surface area contributed by atoms with Crippen molar-refractivity contribution in [3.05, 3.63) is 22.5 Å². The van der Waals surface area contributed by atoms with Crippen LogP contribution >= 0.6 is 11.8 Å². The maximum absolute atomic E-state index is 10.5. The van der Waals surface area contributed by atoms with Crippen molar-refractivity contribution in [3.63, 3.8) is 0 Å². The van der Waals surface area contributed by atoms with Gasteiger partial charge < -0.3 is 10.4 Å². The zero-order chi connectivity index (χ0) is 14.8. The number of hydrogen-bond donors (Lipinski definition) is 2. The molecule has 0 saturated carbocycles. The Morgan fingerprint density at radius 1 is 1.55 bits per heavy atom. The molecule has 1 atom stereocenters. The highest BCUT2D eigenvalue weighted by atomic mass is 32.2. The van der Waals surface area contributed by atoms with E-state index in [0.717, 1.165) is 13.0 Å². The van der Waals surface area contributed by atoms with Crippen LogP contribution in [-0.2, 0) is 6.54 Å². The molecule has 7 nitrogen and oxygen atoms in total. The van der Waals surface area contributed by atoms with Crippen LogP contribution in [0.5, 0.6) is 0 Å². The van der Waals surface area contributed by atoms with Crippen molar-refractivity contribution in [1.29, 1.82) is 0 Å². The molecule has 0 fully saturated rings. The minimum absolute atomic E-state index is 0.0565. The van der Waals surface area contributed by atoms with Gasteiger partial charge in [0.1, 0.15) is 12.4 Å². The van der Waals surface area contributed by atoms with Gasteiger partial charge in [0, 0.05) is 6.54 Å². The smallest absolute Gasteiger partial charge is 0.306 e. The number of thioether (sulfide) groups is 1. The fraction of sp³-hybridized carbons (Fsp3) is 0.750. The molecule has 1 rings (SSSR count). The summed E-state index contributed by atoms with van der Waals surface area (Å²) in [7, 11) is 0. The number of hydrogen-bond acceptors (Lipinski definition) is 6. The highest BCUT2D eigenvalue weighted by molar-refractivity contribution is 7.98. The predicted octanol–water partition coefficient (Wildman–Crippen LogP) is 1.28. The van der Waals surface area contributed by atoms with Crippen molar-refractivity contribution in [1.82, 2.24) is 15.1 Å². The summed E-state index contributed by atoms with van der Waals surface area (Å²) in [5, 5.41) is 27.3. The van der Waals surface area contributed by atoms with Crippen LogP contribution in [0.1, 0.15) is 19.3 Å². The SMILES string of the molecule is CSCCCCCNCC(O)Cn1cc([N+](=O)[O-])cn1. The maximum Gasteiger partial charge on any atom is 0.306 e. The van der Waals surface area contributed by atoms with Crippen LogP contribution in [0.4, 0.5) is 5.69 Å². The van der Waals surface area contributed by atoms with Crippen LogP contribution in [-0.4, -0.2) is 51.0 Å². The highest BCUT2D eigenvalue weighted by Crippen LogP contribution is 2.08. The van der Waals surface area contributed by atoms with E-state index in [1.807, 2.05) is 11.8 Å². The van der Waals surface area contributed by atoms with Gasteiger partial charge in [-0.05, 0) is 31.4 Å². The number of nitro groups is 1. The molecule has 0 spiro atoms. The van der Waals surface area contributed by atoms with Crippen LogP contribution in [0, 0.1) is 10.1 Å². The van der Waals surface area contributed by atoms with Crippen molar-refractivity contribution in [2.45, 2.75) is 31.9 Å². The van der Waals surface area contributed by atoms with Crippen LogP contribution in [0.15, 0.2) is 12.4 Å². The zero-order valence-electron chi connectivity index (χ0n) is 11.7. The molecule has 0 aliphatic heterocycles. The van der Waals surface area contributed by atoms with Crippen LogP contribution in [0.2, 0.25) is 0 Å². The normalized spacial score (nSPS) is 12.5. The number of nitrogens with one attached hydrogen (secondary N) is 1. The molecule has 0 radical (unpaired) electrons. The first-order valence-corrected chi connectivity index (χ1v) is 8.07. The van der Waals surface area contributed by atoms with Gasteiger partial charge in [-0.3, -0.25) is 14.8 Å². The summed E-state index contributed by atoms with van der Waals surface area (Å²) in [5.74, 6) is 1.20. The molecule has 0 aliphatic rings. The Kier molecular flexibility index (Phi) is 8.24. The number of aliphatic hydroxyl groups excluding tert-OH is 1. The molecule has 20 heavy (non-hydrogen) atoms. The molecule has 1 aromatic heterocycles. The fourth-order valence-electron chi connectivity index (χ4n) is 1.77. The van der Waals surface area contributed by atoms with Gasteiger partial charge in [0.25, 0.3) is 0 Å². The second-order valence-electron chi connectivity index (χ2n) is 4.59. The van der Waals surface area contributed by atoms with E-state index < -0.39 is 11.0 Å². The zero-order valence-corrected chi connectivity index (χ0v) is 12.5. The van der Waals surface area contributed by atoms with E-state index in [9.17, 15) is 15.2 Å². The average Bonchev–Trinajstić information content (AvgIpc) is 2.86. The third-order valence-corrected chi connectivity index (χ3v) is 3.51. The average molecular weight is 302 g/mol. The predicted molar refractivity (Wildman–Crippen MR) is 80.0 cm³/mol. The molecule has 0 aliphatic carbocycles. The fourth-order valence-corrected chi connectivity index (χ4v) is 2.26. The molecule has 114 valence electrons. The van der Waals surface area contributed by atoms with Gasteiger partial charge in [-0.2, -0.15) is 16.9 Å². The maximum atomic E-state index is 10.5. The lowest BCUT2D eigenvalue weighted by molar-refractivity contribution is -0.385. The molecule has 0 aromatic carbocycles. The first-order valence-electron chi connectivity index (χ1n) is 6.68. The molecule has 1 unspecified atom stereocenters. The lowest BCUT2D eigenvalue weighted by atomic mass is 10.2. The van der Waals surface area contributed by atoms with Gasteiger partial charge in [-0.25, -0.2) is 0 Å². The van der Waals surface area contributed by atoms with E-state index >= 15 is 0 Å². The molecule has 0 bridgehead atoms. The molecule has 1 aromatic rings. The Hall–Kier alpha value is -1.12. The number of nitrogens with zero attached hydrogens (tertiary/aromatic N) is 3. The van der Waals surface area contributed by atoms with Crippen LogP contribution in [0.3, 0.4) is 0 Å². The van der Waals surface area contributed by atoms with Gasteiger partial charge in [0.05, 0.1) is 17.6 Å². The van der Waals surface area contributed by atoms with Crippen molar-refractivity contribution in [2.24, 2.45) is 0 Å². The summed E-state index contributed by atoms with van der Waals surface area (Å²) < 4.78 is 1.39. The molecule has 1 heterocycles. The van der Waals surface area contributed by atoms with Gasteiger partial charge in [-0.1, -0.05) is 6.42 Å². The Bertz CT molecular complexity index is 400. The number of unbranched alkanes of at least 4 members (excludes halogenated alkanes) is 2. The summed E-state index contributed by atoms with van der Waals surface area (Å²) >= 11 is 1.86. The highest BCUT2D eigenvalue weighted by Gasteiger charge is 2.11. The lowest BCUT2D eigenvalue weighted by Gasteiger charge is -2.11. The molecular formula is C12H22N4O3S. The minimum Gasteiger partial charge on any atom is -0.390 e. The van der Waals surface area contributed by atoms with E-state index in [0.29, 0.717) is 6.54 Å². The van der Waals surface area contributed by atoms with E-state index in [1.165, 1.54) is 35.7 Å². The molecular weight excluding hydrogens is 280 g/mol. The first-order chi connectivity index (χ1) is 9.63. The lowest BCUT2D eigenvalue weighted by Crippen LogP contribution is -2.31. The van der Waals surface area contributed by atoms with Gasteiger partial charge >= 0.3 is 5.69 Å². The quantitative estimate of drug-likeness (QED) is 0.363. The summed E-state index contributed by atoms with van der Waals surface area (Å²) in [5.41, 5.74) is -0.0565. The van der Waals surface area contributed by atoms with Crippen molar-refractivity contribution in [3.8, 4) is 0 Å². The Morgan fingerprint density at radius 2 is 2.35 bits per heavy atom. The van der Waals surface area contributed by atoms with E-state index in [1.54, 1.807) is 0 Å². The van der Waals surface area contributed by atoms with E-state index in [4.69, 9.17) is 0 Å². The summed E-state index contributed by atoms with van der Waals surface area (Å²) in [6, 6.07) is 0. The minimum atomic E-state index is -0.597. The van der Waals surface area contributed by atoms with E-state index in [-0.39, 0.29) is 12.2 Å². The first kappa shape index (κ1) is 16.9. The van der Waals surface area contributed by atoms with Crippen molar-refractivity contribution < 1.29 is 10.0 Å². The van der Waals surface area contributed by atoms with Gasteiger partial charge in [0.15, 0.2) is 0 Å². The Morgan fingerprint density at radius 3 is 3.00 bits per heavy atom. The Labute approximate surface area is 122 Å². The number of aliphatic hydroxyl groups is 1. The number of rotatable bonds is 11. The summed E-state index contributed by atoms with van der Waals surface area (Å²) in [4.78, 5) is 10.00. The molecule has 8 heteroatoms. The molecule has 2 N–H and O–H groups in total. The third-order valence-electron chi connectivity index (χ3n) is 2.81. The van der Waals surface area contributed by atoms with Crippen LogP contribution < -0.4 is 5.32 Å². The standard InChI is InChI=1S/C12H22N4O3S/c1-20-6-4-2-3-5-13-8-12(17)10-15-9-11(7-14-15)16(18)19/h7,9,12-13,17H,2-6,8,10H2,1H3. The molecule has 0 amide bonds. The van der Waals surface area contributed by atoms with Gasteiger partial charge in [-0.15, -0.1) is 0 Å². The van der Waals surface area contributed by atoms with Crippen molar-refractivity contribution >= 4 is 17.4 Å².